The van der Waals surface area contributed by atoms with Crippen LogP contribution < -0.4 is 21.5 Å². The Kier molecular flexibility index (Phi) is 5.90. The second kappa shape index (κ2) is 7.19. The molecule has 3 heteroatoms. The lowest BCUT2D eigenvalue weighted by Gasteiger charge is -2.02. The van der Waals surface area contributed by atoms with Crippen molar-refractivity contribution in [3.8, 4) is 0 Å². The van der Waals surface area contributed by atoms with Gasteiger partial charge < -0.3 is 17.0 Å². The average Bonchev–Trinajstić information content (AvgIpc) is 2.42. The third kappa shape index (κ3) is 4.00. The molecule has 0 N–H and O–H groups in total. The Labute approximate surface area is 124 Å². The van der Waals surface area contributed by atoms with Gasteiger partial charge in [-0.15, -0.1) is 0 Å². The maximum Gasteiger partial charge on any atom is 0.227 e. The first-order valence-electron chi connectivity index (χ1n) is 6.28. The van der Waals surface area contributed by atoms with Gasteiger partial charge >= 0.3 is 0 Å². The van der Waals surface area contributed by atoms with Gasteiger partial charge in [-0.1, -0.05) is 37.3 Å². The molecule has 2 aromatic rings. The van der Waals surface area contributed by atoms with Crippen LogP contribution in [0.25, 0.3) is 0 Å². The molecule has 0 unspecified atom stereocenters. The number of ketones is 1. The highest BCUT2D eigenvalue weighted by Gasteiger charge is 2.14. The largest absolute Gasteiger partial charge is 1.00 e. The van der Waals surface area contributed by atoms with Crippen molar-refractivity contribution in [2.24, 2.45) is 0 Å². The molecule has 0 atom stereocenters. The van der Waals surface area contributed by atoms with E-state index in [9.17, 15) is 4.79 Å². The fourth-order valence-corrected chi connectivity index (χ4v) is 1.97. The minimum atomic E-state index is 0. The molecule has 0 amide bonds. The van der Waals surface area contributed by atoms with Crippen molar-refractivity contribution >= 4 is 5.78 Å². The fourth-order valence-electron chi connectivity index (χ4n) is 1.97. The Hall–Kier alpha value is -1.48. The van der Waals surface area contributed by atoms with Gasteiger partial charge in [0.1, 0.15) is 0 Å². The van der Waals surface area contributed by atoms with Gasteiger partial charge in [0.25, 0.3) is 0 Å². The van der Waals surface area contributed by atoms with Gasteiger partial charge in [0.2, 0.25) is 12.3 Å². The number of carbonyl (C=O) groups excluding carboxylic acids is 1. The molecule has 19 heavy (non-hydrogen) atoms. The molecule has 0 aliphatic carbocycles. The van der Waals surface area contributed by atoms with Crippen molar-refractivity contribution in [2.45, 2.75) is 26.8 Å². The number of benzene rings is 1. The number of aryl methyl sites for hydroxylation is 2. The Morgan fingerprint density at radius 1 is 1.16 bits per heavy atom. The van der Waals surface area contributed by atoms with Gasteiger partial charge in [-0.3, -0.25) is 4.79 Å². The zero-order chi connectivity index (χ0) is 13.0. The normalized spacial score (nSPS) is 9.79. The highest BCUT2D eigenvalue weighted by molar-refractivity contribution is 5.94. The molecule has 2 nitrogen and oxygen atoms in total. The quantitative estimate of drug-likeness (QED) is 0.561. The summed E-state index contributed by atoms with van der Waals surface area (Å²) in [7, 11) is 0. The topological polar surface area (TPSA) is 20.9 Å². The van der Waals surface area contributed by atoms with Crippen LogP contribution >= 0.6 is 0 Å². The Morgan fingerprint density at radius 2 is 1.84 bits per heavy atom. The second-order valence-corrected chi connectivity index (χ2v) is 4.45. The van der Waals surface area contributed by atoms with Crippen LogP contribution in [0.5, 0.6) is 0 Å². The Morgan fingerprint density at radius 3 is 2.42 bits per heavy atom. The van der Waals surface area contributed by atoms with E-state index in [1.54, 1.807) is 0 Å². The van der Waals surface area contributed by atoms with E-state index in [1.807, 2.05) is 48.0 Å². The molecule has 100 valence electrons. The van der Waals surface area contributed by atoms with Gasteiger partial charge in [0, 0.05) is 24.6 Å². The van der Waals surface area contributed by atoms with Gasteiger partial charge in [0.15, 0.2) is 11.9 Å². The Balaban J connectivity index is 0.00000180. The number of Topliss-reactive ketones (excluding diaryl/α,β-unsaturated/α-hetero) is 1. The zero-order valence-electron chi connectivity index (χ0n) is 11.3. The minimum absolute atomic E-state index is 0. The van der Waals surface area contributed by atoms with Crippen LogP contribution in [0.3, 0.4) is 0 Å². The molecule has 0 aliphatic heterocycles. The van der Waals surface area contributed by atoms with E-state index >= 15 is 0 Å². The third-order valence-electron chi connectivity index (χ3n) is 3.13. The zero-order valence-corrected chi connectivity index (χ0v) is 12.9. The van der Waals surface area contributed by atoms with E-state index in [0.717, 1.165) is 17.7 Å². The first-order valence-corrected chi connectivity index (χ1v) is 6.28. The summed E-state index contributed by atoms with van der Waals surface area (Å²) in [5, 5.41) is 0. The lowest BCUT2D eigenvalue weighted by molar-refractivity contribution is -0.689. The number of rotatable bonds is 4. The summed E-state index contributed by atoms with van der Waals surface area (Å²) < 4.78 is 1.99. The highest BCUT2D eigenvalue weighted by atomic mass is 79.9. The SMILES string of the molecule is CCc1cc[n+](CC(=O)c2ccccc2)c(C)c1.[Br-]. The number of hydrogen-bond donors (Lipinski definition) is 0. The molecule has 1 aromatic heterocycles. The summed E-state index contributed by atoms with van der Waals surface area (Å²) in [5.41, 5.74) is 3.19. The summed E-state index contributed by atoms with van der Waals surface area (Å²) in [4.78, 5) is 12.1. The molecular formula is C16H18BrNO. The maximum absolute atomic E-state index is 12.1. The second-order valence-electron chi connectivity index (χ2n) is 4.45. The van der Waals surface area contributed by atoms with Crippen LogP contribution in [0.15, 0.2) is 48.7 Å². The smallest absolute Gasteiger partial charge is 0.227 e. The van der Waals surface area contributed by atoms with Gasteiger partial charge in [-0.25, -0.2) is 0 Å². The summed E-state index contributed by atoms with van der Waals surface area (Å²) in [6.07, 6.45) is 3.02. The number of pyridine rings is 1. The lowest BCUT2D eigenvalue weighted by Crippen LogP contribution is -3.00. The molecule has 1 aromatic carbocycles. The van der Waals surface area contributed by atoms with E-state index in [0.29, 0.717) is 6.54 Å². The molecule has 0 saturated heterocycles. The van der Waals surface area contributed by atoms with E-state index in [1.165, 1.54) is 5.56 Å². The van der Waals surface area contributed by atoms with Crippen LogP contribution in [0, 0.1) is 6.92 Å². The monoisotopic (exact) mass is 319 g/mol. The van der Waals surface area contributed by atoms with E-state index in [2.05, 4.69) is 19.1 Å². The molecule has 0 aliphatic rings. The number of nitrogens with zero attached hydrogens (tertiary/aromatic N) is 1. The van der Waals surface area contributed by atoms with Gasteiger partial charge in [0.05, 0.1) is 0 Å². The average molecular weight is 320 g/mol. The molecule has 0 saturated carbocycles. The van der Waals surface area contributed by atoms with Crippen LogP contribution in [0.1, 0.15) is 28.5 Å². The third-order valence-corrected chi connectivity index (χ3v) is 3.13. The summed E-state index contributed by atoms with van der Waals surface area (Å²) >= 11 is 0. The fraction of sp³-hybridized carbons (Fsp3) is 0.250. The van der Waals surface area contributed by atoms with E-state index in [4.69, 9.17) is 0 Å². The van der Waals surface area contributed by atoms with Crippen LogP contribution in [0.4, 0.5) is 0 Å². The predicted molar refractivity (Wildman–Crippen MR) is 71.5 cm³/mol. The molecule has 1 heterocycles. The summed E-state index contributed by atoms with van der Waals surface area (Å²) in [6, 6.07) is 13.6. The first-order chi connectivity index (χ1) is 8.70. The number of aromatic nitrogens is 1. The number of hydrogen-bond acceptors (Lipinski definition) is 1. The molecule has 0 fully saturated rings. The molecule has 2 rings (SSSR count). The van der Waals surface area contributed by atoms with E-state index in [-0.39, 0.29) is 22.8 Å². The van der Waals surface area contributed by atoms with Crippen LogP contribution in [-0.4, -0.2) is 5.78 Å². The number of halogens is 1. The van der Waals surface area contributed by atoms with Crippen molar-refractivity contribution in [2.75, 3.05) is 0 Å². The highest BCUT2D eigenvalue weighted by Crippen LogP contribution is 2.03. The standard InChI is InChI=1S/C16H18NO.BrH/c1-3-14-9-10-17(13(2)11-14)12-16(18)15-7-5-4-6-8-15;/h4-11H,3,12H2,1-2H3;1H/q+1;/p-1. The lowest BCUT2D eigenvalue weighted by atomic mass is 10.1. The van der Waals surface area contributed by atoms with Crippen molar-refractivity contribution in [3.05, 3.63) is 65.5 Å². The Bertz CT molecular complexity index is 552. The van der Waals surface area contributed by atoms with Gasteiger partial charge in [-0.05, 0) is 12.0 Å². The maximum atomic E-state index is 12.1. The van der Waals surface area contributed by atoms with Crippen LogP contribution in [-0.2, 0) is 13.0 Å². The summed E-state index contributed by atoms with van der Waals surface area (Å²) in [5.74, 6) is 0.146. The van der Waals surface area contributed by atoms with Gasteiger partial charge in [-0.2, -0.15) is 4.57 Å². The van der Waals surface area contributed by atoms with Crippen molar-refractivity contribution in [3.63, 3.8) is 0 Å². The number of carbonyl (C=O) groups is 1. The summed E-state index contributed by atoms with van der Waals surface area (Å²) in [6.45, 7) is 4.57. The minimum Gasteiger partial charge on any atom is -1.00 e. The molecule has 0 radical (unpaired) electrons. The van der Waals surface area contributed by atoms with E-state index < -0.39 is 0 Å². The predicted octanol–water partition coefficient (Wildman–Crippen LogP) is -0.268. The van der Waals surface area contributed by atoms with Crippen molar-refractivity contribution in [1.29, 1.82) is 0 Å². The van der Waals surface area contributed by atoms with Crippen molar-refractivity contribution in [1.82, 2.24) is 0 Å². The van der Waals surface area contributed by atoms with Crippen LogP contribution in [0.2, 0.25) is 0 Å². The molecular weight excluding hydrogens is 302 g/mol. The molecule has 0 bridgehead atoms. The van der Waals surface area contributed by atoms with Crippen molar-refractivity contribution < 1.29 is 26.3 Å². The molecule has 0 spiro atoms. The first kappa shape index (κ1) is 15.6.